The van der Waals surface area contributed by atoms with E-state index in [0.29, 0.717) is 0 Å². The highest BCUT2D eigenvalue weighted by molar-refractivity contribution is 7.99. The number of para-hydroxylation sites is 1. The molecule has 0 unspecified atom stereocenters. The Morgan fingerprint density at radius 1 is 1.03 bits per heavy atom. The SMILES string of the molecule is Cc1cccc2c(Sc3ccc(N4CCC5(CC4)Cn4nccc4[C@H]5N)nc3)ccnc12. The van der Waals surface area contributed by atoms with Crippen LogP contribution in [0.25, 0.3) is 10.9 Å². The van der Waals surface area contributed by atoms with E-state index in [1.165, 1.54) is 21.5 Å². The van der Waals surface area contributed by atoms with E-state index in [1.807, 2.05) is 18.6 Å². The molecule has 0 bridgehead atoms. The van der Waals surface area contributed by atoms with Crippen molar-refractivity contribution in [1.82, 2.24) is 19.7 Å². The van der Waals surface area contributed by atoms with E-state index in [-0.39, 0.29) is 11.5 Å². The quantitative estimate of drug-likeness (QED) is 0.500. The maximum absolute atomic E-state index is 6.62. The molecule has 1 atom stereocenters. The van der Waals surface area contributed by atoms with Gasteiger partial charge in [-0.2, -0.15) is 5.10 Å². The molecule has 5 heterocycles. The van der Waals surface area contributed by atoms with E-state index in [1.54, 1.807) is 11.8 Å². The zero-order chi connectivity index (χ0) is 21.7. The summed E-state index contributed by atoms with van der Waals surface area (Å²) in [6.45, 7) is 5.00. The normalized spacial score (nSPS) is 19.6. The zero-order valence-electron chi connectivity index (χ0n) is 18.1. The molecule has 1 spiro atoms. The van der Waals surface area contributed by atoms with E-state index >= 15 is 0 Å². The summed E-state index contributed by atoms with van der Waals surface area (Å²) in [7, 11) is 0. The van der Waals surface area contributed by atoms with E-state index in [4.69, 9.17) is 10.7 Å². The molecule has 1 saturated heterocycles. The number of hydrogen-bond donors (Lipinski definition) is 1. The lowest BCUT2D eigenvalue weighted by molar-refractivity contribution is 0.170. The Bertz CT molecular complexity index is 1270. The Labute approximate surface area is 191 Å². The van der Waals surface area contributed by atoms with Gasteiger partial charge in [0, 0.05) is 58.8 Å². The van der Waals surface area contributed by atoms with Crippen LogP contribution in [0.5, 0.6) is 0 Å². The van der Waals surface area contributed by atoms with Crippen LogP contribution < -0.4 is 10.6 Å². The second-order valence-corrected chi connectivity index (χ2v) is 10.1. The maximum Gasteiger partial charge on any atom is 0.128 e. The van der Waals surface area contributed by atoms with Crippen molar-refractivity contribution in [1.29, 1.82) is 0 Å². The van der Waals surface area contributed by atoms with E-state index in [0.717, 1.165) is 48.7 Å². The first-order valence-electron chi connectivity index (χ1n) is 11.1. The van der Waals surface area contributed by atoms with Crippen molar-refractivity contribution in [3.05, 3.63) is 72.3 Å². The Morgan fingerprint density at radius 3 is 2.69 bits per heavy atom. The van der Waals surface area contributed by atoms with Crippen LogP contribution in [0.1, 0.15) is 30.1 Å². The molecule has 0 aliphatic carbocycles. The molecule has 2 aliphatic heterocycles. The molecular formula is C25H26N6S. The first-order valence-corrected chi connectivity index (χ1v) is 12.0. The van der Waals surface area contributed by atoms with Gasteiger partial charge in [-0.25, -0.2) is 4.98 Å². The molecule has 2 N–H and O–H groups in total. The van der Waals surface area contributed by atoms with Crippen LogP contribution in [0.15, 0.2) is 70.8 Å². The molecular weight excluding hydrogens is 416 g/mol. The van der Waals surface area contributed by atoms with Crippen LogP contribution in [0, 0.1) is 12.3 Å². The number of fused-ring (bicyclic) bond motifs is 2. The van der Waals surface area contributed by atoms with Gasteiger partial charge in [-0.1, -0.05) is 30.0 Å². The third kappa shape index (κ3) is 3.19. The highest BCUT2D eigenvalue weighted by atomic mass is 32.2. The molecule has 3 aromatic heterocycles. The topological polar surface area (TPSA) is 72.9 Å². The van der Waals surface area contributed by atoms with Crippen LogP contribution >= 0.6 is 11.8 Å². The lowest BCUT2D eigenvalue weighted by atomic mass is 9.73. The first kappa shape index (κ1) is 19.8. The number of nitrogens with two attached hydrogens (primary N) is 1. The van der Waals surface area contributed by atoms with Gasteiger partial charge in [0.2, 0.25) is 0 Å². The fourth-order valence-corrected chi connectivity index (χ4v) is 6.13. The second kappa shape index (κ2) is 7.60. The molecule has 7 heteroatoms. The summed E-state index contributed by atoms with van der Waals surface area (Å²) in [6.07, 6.45) is 7.87. The van der Waals surface area contributed by atoms with E-state index in [2.05, 4.69) is 69.1 Å². The molecule has 4 aromatic rings. The van der Waals surface area contributed by atoms with Crippen molar-refractivity contribution in [2.75, 3.05) is 18.0 Å². The standard InChI is InChI=1S/C25H26N6S/c1-17-3-2-4-19-21(8-11-27-23(17)19)32-18-5-6-22(28-15-18)30-13-9-25(10-14-30)16-31-20(24(25)26)7-12-29-31/h2-8,11-12,15,24H,9-10,13-14,16,26H2,1H3/t24-/m1/s1. The second-order valence-electron chi connectivity index (χ2n) is 8.98. The Balaban J connectivity index is 1.16. The third-order valence-corrected chi connectivity index (χ3v) is 8.21. The fraction of sp³-hybridized carbons (Fsp3) is 0.320. The van der Waals surface area contributed by atoms with Gasteiger partial charge in [0.15, 0.2) is 0 Å². The molecule has 6 rings (SSSR count). The summed E-state index contributed by atoms with van der Waals surface area (Å²) in [5, 5.41) is 5.64. The Hall–Kier alpha value is -2.90. The molecule has 0 radical (unpaired) electrons. The van der Waals surface area contributed by atoms with Crippen LogP contribution in [0.3, 0.4) is 0 Å². The van der Waals surface area contributed by atoms with Crippen molar-refractivity contribution < 1.29 is 0 Å². The molecule has 1 aromatic carbocycles. The lowest BCUT2D eigenvalue weighted by Crippen LogP contribution is -2.44. The Kier molecular flexibility index (Phi) is 4.69. The average Bonchev–Trinajstić information content (AvgIpc) is 3.37. The molecule has 32 heavy (non-hydrogen) atoms. The van der Waals surface area contributed by atoms with E-state index in [9.17, 15) is 0 Å². The molecule has 162 valence electrons. The van der Waals surface area contributed by atoms with Gasteiger partial charge >= 0.3 is 0 Å². The van der Waals surface area contributed by atoms with Crippen molar-refractivity contribution in [3.63, 3.8) is 0 Å². The lowest BCUT2D eigenvalue weighted by Gasteiger charge is -2.41. The van der Waals surface area contributed by atoms with Gasteiger partial charge in [0.25, 0.3) is 0 Å². The number of piperidine rings is 1. The van der Waals surface area contributed by atoms with Crippen LogP contribution in [0.4, 0.5) is 5.82 Å². The number of anilines is 1. The summed E-state index contributed by atoms with van der Waals surface area (Å²) in [4.78, 5) is 14.1. The number of hydrogen-bond acceptors (Lipinski definition) is 6. The van der Waals surface area contributed by atoms with Gasteiger partial charge in [-0.15, -0.1) is 0 Å². The Morgan fingerprint density at radius 2 is 1.91 bits per heavy atom. The van der Waals surface area contributed by atoms with Gasteiger partial charge in [-0.05, 0) is 49.6 Å². The largest absolute Gasteiger partial charge is 0.357 e. The highest BCUT2D eigenvalue weighted by Gasteiger charge is 2.46. The molecule has 6 nitrogen and oxygen atoms in total. The van der Waals surface area contributed by atoms with Crippen molar-refractivity contribution in [2.24, 2.45) is 11.1 Å². The predicted octanol–water partition coefficient (Wildman–Crippen LogP) is 4.59. The minimum absolute atomic E-state index is 0.0812. The van der Waals surface area contributed by atoms with Crippen LogP contribution in [-0.2, 0) is 6.54 Å². The van der Waals surface area contributed by atoms with Crippen LogP contribution in [-0.4, -0.2) is 32.8 Å². The average molecular weight is 443 g/mol. The number of pyridine rings is 2. The van der Waals surface area contributed by atoms with Crippen molar-refractivity contribution in [2.45, 2.75) is 42.1 Å². The van der Waals surface area contributed by atoms with Crippen molar-refractivity contribution in [3.8, 4) is 0 Å². The minimum Gasteiger partial charge on any atom is -0.357 e. The highest BCUT2D eigenvalue weighted by Crippen LogP contribution is 2.48. The minimum atomic E-state index is 0.0812. The molecule has 2 aliphatic rings. The summed E-state index contributed by atoms with van der Waals surface area (Å²) >= 11 is 1.74. The van der Waals surface area contributed by atoms with Crippen molar-refractivity contribution >= 4 is 28.5 Å². The fourth-order valence-electron chi connectivity index (χ4n) is 5.23. The van der Waals surface area contributed by atoms with Gasteiger partial charge in [0.1, 0.15) is 5.82 Å². The van der Waals surface area contributed by atoms with Gasteiger partial charge in [-0.3, -0.25) is 9.67 Å². The number of nitrogens with zero attached hydrogens (tertiary/aromatic N) is 5. The number of benzene rings is 1. The van der Waals surface area contributed by atoms with Gasteiger partial charge in [0.05, 0.1) is 17.3 Å². The molecule has 1 fully saturated rings. The van der Waals surface area contributed by atoms with Crippen LogP contribution in [0.2, 0.25) is 0 Å². The monoisotopic (exact) mass is 442 g/mol. The summed E-state index contributed by atoms with van der Waals surface area (Å²) in [5.41, 5.74) is 10.2. The van der Waals surface area contributed by atoms with E-state index < -0.39 is 0 Å². The summed E-state index contributed by atoms with van der Waals surface area (Å²) in [6, 6.07) is 14.9. The molecule has 0 saturated carbocycles. The zero-order valence-corrected chi connectivity index (χ0v) is 18.9. The van der Waals surface area contributed by atoms with Gasteiger partial charge < -0.3 is 10.6 Å². The summed E-state index contributed by atoms with van der Waals surface area (Å²) < 4.78 is 2.09. The third-order valence-electron chi connectivity index (χ3n) is 7.16. The summed E-state index contributed by atoms with van der Waals surface area (Å²) in [5.74, 6) is 1.05. The number of rotatable bonds is 3. The molecule has 0 amide bonds. The smallest absolute Gasteiger partial charge is 0.128 e. The predicted molar refractivity (Wildman–Crippen MR) is 128 cm³/mol. The maximum atomic E-state index is 6.62. The first-order chi connectivity index (χ1) is 15.6. The number of aromatic nitrogens is 4. The number of aryl methyl sites for hydroxylation is 1.